The third kappa shape index (κ3) is 1.23. The van der Waals surface area contributed by atoms with Crippen LogP contribution in [0.2, 0.25) is 0 Å². The van der Waals surface area contributed by atoms with Gasteiger partial charge in [0.15, 0.2) is 0 Å². The molecule has 3 rings (SSSR count). The SMILES string of the molecule is CN1CCc2c(-c3cn[n-]c3)cccc21. The number of nitrogens with zero attached hydrogens (tertiary/aromatic N) is 3. The molecule has 0 aliphatic carbocycles. The molecule has 0 fully saturated rings. The number of anilines is 1. The molecule has 0 saturated heterocycles. The fraction of sp³-hybridized carbons (Fsp3) is 0.250. The average Bonchev–Trinajstić information content (AvgIpc) is 2.88. The van der Waals surface area contributed by atoms with E-state index in [1.54, 1.807) is 0 Å². The summed E-state index contributed by atoms with van der Waals surface area (Å²) in [6.07, 6.45) is 4.77. The molecular formula is C12H12N3-. The Bertz CT molecular complexity index is 474. The third-order valence-corrected chi connectivity index (χ3v) is 3.03. The van der Waals surface area contributed by atoms with Crippen LogP contribution in [0.1, 0.15) is 5.56 Å². The summed E-state index contributed by atoms with van der Waals surface area (Å²) in [5.74, 6) is 0. The molecule has 0 atom stereocenters. The first-order valence-corrected chi connectivity index (χ1v) is 5.13. The van der Waals surface area contributed by atoms with Gasteiger partial charge in [-0.15, -0.1) is 0 Å². The number of likely N-dealkylation sites (N-methyl/N-ethyl adjacent to an activating group) is 1. The number of hydrogen-bond acceptors (Lipinski definition) is 2. The third-order valence-electron chi connectivity index (χ3n) is 3.03. The van der Waals surface area contributed by atoms with Gasteiger partial charge in [-0.1, -0.05) is 12.1 Å². The lowest BCUT2D eigenvalue weighted by molar-refractivity contribution is 0.956. The maximum atomic E-state index is 3.88. The molecular weight excluding hydrogens is 186 g/mol. The Hall–Kier alpha value is -1.77. The maximum absolute atomic E-state index is 3.88. The van der Waals surface area contributed by atoms with E-state index in [0.717, 1.165) is 18.5 Å². The van der Waals surface area contributed by atoms with Gasteiger partial charge in [0.1, 0.15) is 0 Å². The smallest absolute Gasteiger partial charge is 0.0403 e. The van der Waals surface area contributed by atoms with Crippen molar-refractivity contribution in [3.8, 4) is 11.1 Å². The first-order valence-electron chi connectivity index (χ1n) is 5.13. The lowest BCUT2D eigenvalue weighted by atomic mass is 10.0. The molecule has 1 aliphatic heterocycles. The van der Waals surface area contributed by atoms with Crippen LogP contribution in [-0.4, -0.2) is 18.7 Å². The van der Waals surface area contributed by atoms with Gasteiger partial charge in [0.05, 0.1) is 0 Å². The Morgan fingerprint density at radius 2 is 2.33 bits per heavy atom. The highest BCUT2D eigenvalue weighted by molar-refractivity contribution is 5.75. The first kappa shape index (κ1) is 8.53. The molecule has 3 nitrogen and oxygen atoms in total. The number of rotatable bonds is 1. The first-order chi connectivity index (χ1) is 7.36. The molecule has 0 N–H and O–H groups in total. The molecule has 0 saturated carbocycles. The summed E-state index contributed by atoms with van der Waals surface area (Å²) < 4.78 is 0. The zero-order valence-electron chi connectivity index (χ0n) is 8.64. The van der Waals surface area contributed by atoms with Crippen molar-refractivity contribution >= 4 is 5.69 Å². The predicted molar refractivity (Wildman–Crippen MR) is 60.0 cm³/mol. The summed E-state index contributed by atoms with van der Waals surface area (Å²) >= 11 is 0. The maximum Gasteiger partial charge on any atom is 0.0403 e. The Kier molecular flexibility index (Phi) is 1.78. The van der Waals surface area contributed by atoms with E-state index in [1.807, 2.05) is 12.4 Å². The van der Waals surface area contributed by atoms with Crippen molar-refractivity contribution < 1.29 is 0 Å². The Morgan fingerprint density at radius 3 is 3.13 bits per heavy atom. The van der Waals surface area contributed by atoms with Crippen LogP contribution in [0.15, 0.2) is 30.6 Å². The number of fused-ring (bicyclic) bond motifs is 1. The molecule has 76 valence electrons. The van der Waals surface area contributed by atoms with Crippen LogP contribution in [0.5, 0.6) is 0 Å². The summed E-state index contributed by atoms with van der Waals surface area (Å²) in [6, 6.07) is 6.43. The molecule has 0 unspecified atom stereocenters. The normalized spacial score (nSPS) is 14.3. The zero-order chi connectivity index (χ0) is 10.3. The molecule has 0 bridgehead atoms. The molecule has 0 radical (unpaired) electrons. The van der Waals surface area contributed by atoms with Crippen molar-refractivity contribution in [1.82, 2.24) is 10.2 Å². The molecule has 2 aromatic rings. The molecule has 1 aliphatic rings. The molecule has 2 heterocycles. The fourth-order valence-corrected chi connectivity index (χ4v) is 2.23. The zero-order valence-corrected chi connectivity index (χ0v) is 8.64. The van der Waals surface area contributed by atoms with Crippen LogP contribution in [-0.2, 0) is 6.42 Å². The van der Waals surface area contributed by atoms with Gasteiger partial charge in [-0.05, 0) is 29.2 Å². The van der Waals surface area contributed by atoms with Crippen LogP contribution >= 0.6 is 0 Å². The van der Waals surface area contributed by atoms with Crippen molar-refractivity contribution in [2.24, 2.45) is 0 Å². The van der Waals surface area contributed by atoms with E-state index in [4.69, 9.17) is 0 Å². The molecule has 0 amide bonds. The monoisotopic (exact) mass is 198 g/mol. The van der Waals surface area contributed by atoms with E-state index in [-0.39, 0.29) is 0 Å². The van der Waals surface area contributed by atoms with Crippen molar-refractivity contribution in [3.05, 3.63) is 36.2 Å². The highest BCUT2D eigenvalue weighted by atomic mass is 15.1. The van der Waals surface area contributed by atoms with E-state index in [9.17, 15) is 0 Å². The van der Waals surface area contributed by atoms with Gasteiger partial charge in [-0.25, -0.2) is 0 Å². The minimum atomic E-state index is 1.11. The minimum absolute atomic E-state index is 1.11. The molecule has 0 spiro atoms. The van der Waals surface area contributed by atoms with E-state index in [1.165, 1.54) is 16.8 Å². The van der Waals surface area contributed by atoms with Gasteiger partial charge in [0, 0.05) is 25.5 Å². The quantitative estimate of drug-likeness (QED) is 0.698. The molecule has 15 heavy (non-hydrogen) atoms. The van der Waals surface area contributed by atoms with Gasteiger partial charge >= 0.3 is 0 Å². The van der Waals surface area contributed by atoms with Crippen LogP contribution < -0.4 is 10.00 Å². The molecule has 1 aromatic carbocycles. The fourth-order valence-electron chi connectivity index (χ4n) is 2.23. The standard InChI is InChI=1S/C12H12N3/c1-15-6-5-11-10(3-2-4-12(11)15)9-7-13-14-8-9/h2-4,7-8H,5-6H2,1H3/q-1. The second kappa shape index (κ2) is 3.12. The van der Waals surface area contributed by atoms with E-state index >= 15 is 0 Å². The summed E-state index contributed by atoms with van der Waals surface area (Å²) in [4.78, 5) is 2.29. The summed E-state index contributed by atoms with van der Waals surface area (Å²) in [6.45, 7) is 1.11. The molecule has 3 heteroatoms. The van der Waals surface area contributed by atoms with E-state index < -0.39 is 0 Å². The summed E-state index contributed by atoms with van der Waals surface area (Å²) in [7, 11) is 2.14. The van der Waals surface area contributed by atoms with Crippen LogP contribution in [0.25, 0.3) is 11.1 Å². The second-order valence-electron chi connectivity index (χ2n) is 3.92. The largest absolute Gasteiger partial charge is 0.581 e. The number of aromatic nitrogens is 2. The summed E-state index contributed by atoms with van der Waals surface area (Å²) in [5, 5.41) is 7.76. The minimum Gasteiger partial charge on any atom is -0.581 e. The Labute approximate surface area is 88.7 Å². The van der Waals surface area contributed by atoms with Crippen molar-refractivity contribution in [1.29, 1.82) is 0 Å². The van der Waals surface area contributed by atoms with Crippen molar-refractivity contribution in [2.45, 2.75) is 6.42 Å². The highest BCUT2D eigenvalue weighted by Gasteiger charge is 2.18. The van der Waals surface area contributed by atoms with Gasteiger partial charge < -0.3 is 15.1 Å². The van der Waals surface area contributed by atoms with Crippen LogP contribution in [0.3, 0.4) is 0 Å². The van der Waals surface area contributed by atoms with Crippen LogP contribution in [0.4, 0.5) is 5.69 Å². The topological polar surface area (TPSA) is 30.2 Å². The lowest BCUT2D eigenvalue weighted by Crippen LogP contribution is -2.12. The average molecular weight is 198 g/mol. The number of benzene rings is 1. The van der Waals surface area contributed by atoms with Gasteiger partial charge in [-0.3, -0.25) is 0 Å². The Morgan fingerprint density at radius 1 is 1.40 bits per heavy atom. The summed E-state index contributed by atoms with van der Waals surface area (Å²) in [5.41, 5.74) is 5.17. The number of hydrogen-bond donors (Lipinski definition) is 0. The van der Waals surface area contributed by atoms with Crippen LogP contribution in [0, 0.1) is 0 Å². The van der Waals surface area contributed by atoms with Gasteiger partial charge in [-0.2, -0.15) is 6.20 Å². The van der Waals surface area contributed by atoms with E-state index in [0.29, 0.717) is 0 Å². The van der Waals surface area contributed by atoms with E-state index in [2.05, 4.69) is 40.3 Å². The Balaban J connectivity index is 2.18. The second-order valence-corrected chi connectivity index (χ2v) is 3.92. The van der Waals surface area contributed by atoms with Crippen molar-refractivity contribution in [2.75, 3.05) is 18.5 Å². The van der Waals surface area contributed by atoms with Gasteiger partial charge in [0.25, 0.3) is 0 Å². The predicted octanol–water partition coefficient (Wildman–Crippen LogP) is 1.70. The van der Waals surface area contributed by atoms with Crippen molar-refractivity contribution in [3.63, 3.8) is 0 Å². The molecule has 1 aromatic heterocycles. The highest BCUT2D eigenvalue weighted by Crippen LogP contribution is 2.34. The van der Waals surface area contributed by atoms with Gasteiger partial charge in [0.2, 0.25) is 0 Å². The lowest BCUT2D eigenvalue weighted by Gasteiger charge is -2.12.